The molecule has 0 radical (unpaired) electrons. The van der Waals surface area contributed by atoms with Gasteiger partial charge in [-0.25, -0.2) is 9.97 Å². The molecule has 0 saturated heterocycles. The summed E-state index contributed by atoms with van der Waals surface area (Å²) in [6.07, 6.45) is 0. The normalized spacial score (nSPS) is 11.1. The van der Waals surface area contributed by atoms with E-state index in [9.17, 15) is 0 Å². The average molecular weight is 353 g/mol. The number of nitrogens with zero attached hydrogens (tertiary/aromatic N) is 2. The van der Waals surface area contributed by atoms with Crippen LogP contribution in [0.25, 0.3) is 31.7 Å². The summed E-state index contributed by atoms with van der Waals surface area (Å²) in [5.74, 6) is 0.823. The summed E-state index contributed by atoms with van der Waals surface area (Å²) in [5.41, 5.74) is 4.12. The molecule has 0 atom stereocenters. The van der Waals surface area contributed by atoms with Crippen molar-refractivity contribution in [3.63, 3.8) is 0 Å². The highest BCUT2D eigenvalue weighted by Gasteiger charge is 2.12. The quantitative estimate of drug-likeness (QED) is 0.416. The summed E-state index contributed by atoms with van der Waals surface area (Å²) in [5, 5.41) is 5.54. The molecule has 2 heterocycles. The Morgan fingerprint density at radius 3 is 2.27 bits per heavy atom. The third-order valence-electron chi connectivity index (χ3n) is 4.29. The number of hydrogen-bond acceptors (Lipinski definition) is 4. The minimum atomic E-state index is 0.823. The molecule has 26 heavy (non-hydrogen) atoms. The van der Waals surface area contributed by atoms with Crippen LogP contribution in [0.4, 0.5) is 11.5 Å². The first-order valence-corrected chi connectivity index (χ1v) is 9.26. The average Bonchev–Trinajstić information content (AvgIpc) is 3.12. The van der Waals surface area contributed by atoms with Gasteiger partial charge in [-0.2, -0.15) is 0 Å². The second-order valence-electron chi connectivity index (χ2n) is 6.05. The van der Waals surface area contributed by atoms with Crippen molar-refractivity contribution in [2.75, 3.05) is 5.32 Å². The molecule has 1 N–H and O–H groups in total. The van der Waals surface area contributed by atoms with E-state index in [-0.39, 0.29) is 0 Å². The molecular weight excluding hydrogens is 338 g/mol. The molecule has 5 aromatic rings. The van der Waals surface area contributed by atoms with Crippen LogP contribution in [0, 0.1) is 0 Å². The molecule has 2 aromatic heterocycles. The summed E-state index contributed by atoms with van der Waals surface area (Å²) in [4.78, 5) is 9.62. The minimum absolute atomic E-state index is 0.823. The molecular formula is C22H15N3S. The van der Waals surface area contributed by atoms with E-state index in [1.54, 1.807) is 11.3 Å². The summed E-state index contributed by atoms with van der Waals surface area (Å²) >= 11 is 1.71. The fraction of sp³-hybridized carbons (Fsp3) is 0. The first-order chi connectivity index (χ1) is 12.9. The number of pyridine rings is 1. The number of benzene rings is 3. The Labute approximate surface area is 155 Å². The molecule has 3 nitrogen and oxygen atoms in total. The van der Waals surface area contributed by atoms with E-state index in [1.165, 1.54) is 4.70 Å². The number of thiazole rings is 1. The molecule has 0 saturated carbocycles. The van der Waals surface area contributed by atoms with Gasteiger partial charge in [-0.3, -0.25) is 0 Å². The fourth-order valence-electron chi connectivity index (χ4n) is 3.07. The summed E-state index contributed by atoms with van der Waals surface area (Å²) in [6.45, 7) is 0. The molecule has 0 aliphatic rings. The van der Waals surface area contributed by atoms with E-state index in [0.29, 0.717) is 0 Å². The predicted octanol–water partition coefficient (Wildman–Crippen LogP) is 6.26. The Balaban J connectivity index is 1.69. The van der Waals surface area contributed by atoms with Crippen LogP contribution in [-0.4, -0.2) is 9.97 Å². The summed E-state index contributed by atoms with van der Waals surface area (Å²) < 4.78 is 1.20. The van der Waals surface area contributed by atoms with Gasteiger partial charge in [0.15, 0.2) is 0 Å². The number of nitrogens with one attached hydrogen (secondary N) is 1. The predicted molar refractivity (Wildman–Crippen MR) is 110 cm³/mol. The van der Waals surface area contributed by atoms with Crippen LogP contribution in [0.2, 0.25) is 0 Å². The van der Waals surface area contributed by atoms with Crippen LogP contribution in [0.15, 0.2) is 84.9 Å². The Kier molecular flexibility index (Phi) is 3.61. The molecule has 3 aromatic carbocycles. The molecule has 4 heteroatoms. The van der Waals surface area contributed by atoms with Gasteiger partial charge < -0.3 is 5.32 Å². The molecule has 0 bridgehead atoms. The van der Waals surface area contributed by atoms with Crippen LogP contribution in [-0.2, 0) is 0 Å². The minimum Gasteiger partial charge on any atom is -0.340 e. The van der Waals surface area contributed by atoms with Gasteiger partial charge in [0.05, 0.1) is 15.7 Å². The molecule has 0 aliphatic heterocycles. The first kappa shape index (κ1) is 15.0. The molecule has 0 aliphatic carbocycles. The van der Waals surface area contributed by atoms with Gasteiger partial charge in [-0.15, -0.1) is 11.3 Å². The van der Waals surface area contributed by atoms with Crippen molar-refractivity contribution in [1.29, 1.82) is 0 Å². The van der Waals surface area contributed by atoms with Crippen LogP contribution in [0.5, 0.6) is 0 Å². The number of hydrogen-bond donors (Lipinski definition) is 1. The summed E-state index contributed by atoms with van der Waals surface area (Å²) in [6, 6.07) is 28.7. The highest BCUT2D eigenvalue weighted by atomic mass is 32.1. The van der Waals surface area contributed by atoms with Crippen LogP contribution in [0.1, 0.15) is 0 Å². The Morgan fingerprint density at radius 1 is 0.692 bits per heavy atom. The molecule has 0 fully saturated rings. The zero-order chi connectivity index (χ0) is 17.3. The third-order valence-corrected chi connectivity index (χ3v) is 5.36. The highest BCUT2D eigenvalue weighted by molar-refractivity contribution is 7.21. The number of anilines is 2. The van der Waals surface area contributed by atoms with Crippen molar-refractivity contribution in [3.8, 4) is 10.6 Å². The van der Waals surface area contributed by atoms with Crippen molar-refractivity contribution in [2.45, 2.75) is 0 Å². The van der Waals surface area contributed by atoms with E-state index in [1.807, 2.05) is 54.6 Å². The van der Waals surface area contributed by atoms with Crippen molar-refractivity contribution in [1.82, 2.24) is 9.97 Å². The lowest BCUT2D eigenvalue weighted by Crippen LogP contribution is -1.95. The van der Waals surface area contributed by atoms with Gasteiger partial charge in [0.2, 0.25) is 0 Å². The molecule has 124 valence electrons. The van der Waals surface area contributed by atoms with E-state index in [0.717, 1.165) is 38.5 Å². The fourth-order valence-corrected chi connectivity index (χ4v) is 4.07. The monoisotopic (exact) mass is 353 g/mol. The maximum absolute atomic E-state index is 4.84. The standard InChI is InChI=1S/C22H15N3S/c1-2-8-15(9-3-1)23-21-14-17(16-10-4-5-11-18(16)24-21)22-25-19-12-6-7-13-20(19)26-22/h1-14H,(H,23,24). The summed E-state index contributed by atoms with van der Waals surface area (Å²) in [7, 11) is 0. The number of aromatic nitrogens is 2. The lowest BCUT2D eigenvalue weighted by molar-refractivity contribution is 1.36. The molecule has 5 rings (SSSR count). The molecule has 0 unspecified atom stereocenters. The van der Waals surface area contributed by atoms with Crippen LogP contribution < -0.4 is 5.32 Å². The van der Waals surface area contributed by atoms with Gasteiger partial charge >= 0.3 is 0 Å². The van der Waals surface area contributed by atoms with E-state index < -0.39 is 0 Å². The Morgan fingerprint density at radius 2 is 1.42 bits per heavy atom. The van der Waals surface area contributed by atoms with E-state index in [2.05, 4.69) is 35.6 Å². The number of fused-ring (bicyclic) bond motifs is 2. The Bertz CT molecular complexity index is 1180. The number of para-hydroxylation sites is 3. The van der Waals surface area contributed by atoms with Gasteiger partial charge in [0.25, 0.3) is 0 Å². The zero-order valence-corrected chi connectivity index (χ0v) is 14.7. The van der Waals surface area contributed by atoms with Crippen molar-refractivity contribution < 1.29 is 0 Å². The topological polar surface area (TPSA) is 37.8 Å². The lowest BCUT2D eigenvalue weighted by atomic mass is 10.1. The smallest absolute Gasteiger partial charge is 0.131 e. The third kappa shape index (κ3) is 2.70. The Hall–Kier alpha value is -3.24. The van der Waals surface area contributed by atoms with Crippen molar-refractivity contribution >= 4 is 44.0 Å². The van der Waals surface area contributed by atoms with Crippen molar-refractivity contribution in [3.05, 3.63) is 84.9 Å². The van der Waals surface area contributed by atoms with Gasteiger partial charge in [-0.1, -0.05) is 48.5 Å². The van der Waals surface area contributed by atoms with Crippen molar-refractivity contribution in [2.24, 2.45) is 0 Å². The second kappa shape index (κ2) is 6.24. The molecule has 0 amide bonds. The zero-order valence-electron chi connectivity index (χ0n) is 13.9. The maximum Gasteiger partial charge on any atom is 0.131 e. The second-order valence-corrected chi connectivity index (χ2v) is 7.08. The van der Waals surface area contributed by atoms with E-state index >= 15 is 0 Å². The maximum atomic E-state index is 4.84. The number of rotatable bonds is 3. The van der Waals surface area contributed by atoms with Crippen LogP contribution >= 0.6 is 11.3 Å². The first-order valence-electron chi connectivity index (χ1n) is 8.45. The van der Waals surface area contributed by atoms with Gasteiger partial charge in [0, 0.05) is 16.6 Å². The largest absolute Gasteiger partial charge is 0.340 e. The van der Waals surface area contributed by atoms with Gasteiger partial charge in [-0.05, 0) is 36.4 Å². The molecule has 0 spiro atoms. The lowest BCUT2D eigenvalue weighted by Gasteiger charge is -2.10. The highest BCUT2D eigenvalue weighted by Crippen LogP contribution is 2.35. The SMILES string of the molecule is c1ccc(Nc2cc(-c3nc4ccccc4s3)c3ccccc3n2)cc1. The van der Waals surface area contributed by atoms with E-state index in [4.69, 9.17) is 9.97 Å². The van der Waals surface area contributed by atoms with Gasteiger partial charge in [0.1, 0.15) is 10.8 Å². The van der Waals surface area contributed by atoms with Crippen LogP contribution in [0.3, 0.4) is 0 Å².